The molecule has 0 bridgehead atoms. The summed E-state index contributed by atoms with van der Waals surface area (Å²) in [6, 6.07) is 0. The highest BCUT2D eigenvalue weighted by Crippen LogP contribution is 2.34. The first kappa shape index (κ1) is 7.98. The Hall–Kier alpha value is -0.120. The molecule has 1 saturated heterocycles. The third-order valence-electron chi connectivity index (χ3n) is 2.27. The Bertz CT molecular complexity index is 109. The van der Waals surface area contributed by atoms with Gasteiger partial charge in [0.25, 0.3) is 0 Å². The molecular formula is C7H14O3. The van der Waals surface area contributed by atoms with E-state index >= 15 is 0 Å². The lowest BCUT2D eigenvalue weighted by Crippen LogP contribution is -2.24. The Labute approximate surface area is 60.6 Å². The van der Waals surface area contributed by atoms with Gasteiger partial charge in [-0.25, -0.2) is 0 Å². The fraction of sp³-hybridized carbons (Fsp3) is 1.00. The maximum absolute atomic E-state index is 8.99. The first-order valence-corrected chi connectivity index (χ1v) is 3.63. The zero-order valence-corrected chi connectivity index (χ0v) is 6.21. The minimum absolute atomic E-state index is 0.112. The number of ether oxygens (including phenoxy) is 1. The van der Waals surface area contributed by atoms with Crippen molar-refractivity contribution in [1.29, 1.82) is 0 Å². The Morgan fingerprint density at radius 2 is 2.40 bits per heavy atom. The van der Waals surface area contributed by atoms with E-state index in [1.54, 1.807) is 0 Å². The van der Waals surface area contributed by atoms with Gasteiger partial charge < -0.3 is 14.9 Å². The molecule has 3 heteroatoms. The second-order valence-corrected chi connectivity index (χ2v) is 2.98. The van der Waals surface area contributed by atoms with Crippen molar-refractivity contribution in [3.8, 4) is 0 Å². The molecule has 2 atom stereocenters. The predicted molar refractivity (Wildman–Crippen MR) is 36.4 cm³/mol. The minimum atomic E-state index is -0.660. The average Bonchev–Trinajstić information content (AvgIpc) is 2.33. The molecule has 0 saturated carbocycles. The molecule has 0 amide bonds. The number of aliphatic hydroxyl groups excluding tert-OH is 2. The van der Waals surface area contributed by atoms with Gasteiger partial charge in [0.05, 0.1) is 13.2 Å². The Kier molecular flexibility index (Phi) is 2.28. The third kappa shape index (κ3) is 1.31. The first-order chi connectivity index (χ1) is 4.72. The van der Waals surface area contributed by atoms with Crippen molar-refractivity contribution in [3.05, 3.63) is 0 Å². The smallest absolute Gasteiger partial charge is 0.155 e. The van der Waals surface area contributed by atoms with E-state index in [1.807, 2.05) is 6.92 Å². The van der Waals surface area contributed by atoms with Crippen LogP contribution in [0.3, 0.4) is 0 Å². The maximum Gasteiger partial charge on any atom is 0.155 e. The summed E-state index contributed by atoms with van der Waals surface area (Å²) >= 11 is 0. The average molecular weight is 146 g/mol. The predicted octanol–water partition coefficient (Wildman–Crippen LogP) is 0.114. The fourth-order valence-electron chi connectivity index (χ4n) is 1.23. The van der Waals surface area contributed by atoms with E-state index in [-0.39, 0.29) is 12.0 Å². The van der Waals surface area contributed by atoms with Gasteiger partial charge >= 0.3 is 0 Å². The molecule has 1 fully saturated rings. The van der Waals surface area contributed by atoms with E-state index in [9.17, 15) is 0 Å². The summed E-state index contributed by atoms with van der Waals surface area (Å²) in [5.41, 5.74) is -0.167. The van der Waals surface area contributed by atoms with Crippen LogP contribution in [0.1, 0.15) is 19.8 Å². The molecule has 60 valence electrons. The Morgan fingerprint density at radius 3 is 2.60 bits per heavy atom. The molecular weight excluding hydrogens is 132 g/mol. The zero-order chi connectivity index (χ0) is 7.61. The molecule has 0 aromatic carbocycles. The summed E-state index contributed by atoms with van der Waals surface area (Å²) in [6.07, 6.45) is 0.771. The van der Waals surface area contributed by atoms with Gasteiger partial charge in [0, 0.05) is 11.8 Å². The van der Waals surface area contributed by atoms with Gasteiger partial charge in [0.15, 0.2) is 6.29 Å². The summed E-state index contributed by atoms with van der Waals surface area (Å²) in [5, 5.41) is 17.9. The van der Waals surface area contributed by atoms with Gasteiger partial charge in [-0.2, -0.15) is 0 Å². The maximum atomic E-state index is 8.99. The highest BCUT2D eigenvalue weighted by molar-refractivity contribution is 4.82. The van der Waals surface area contributed by atoms with E-state index in [0.717, 1.165) is 6.42 Å². The van der Waals surface area contributed by atoms with Gasteiger partial charge in [-0.1, -0.05) is 6.92 Å². The number of aliphatic hydroxyl groups is 2. The van der Waals surface area contributed by atoms with Gasteiger partial charge in [-0.3, -0.25) is 0 Å². The molecule has 3 nitrogen and oxygen atoms in total. The molecule has 1 rings (SSSR count). The Morgan fingerprint density at radius 1 is 1.70 bits per heavy atom. The van der Waals surface area contributed by atoms with E-state index in [1.165, 1.54) is 0 Å². The molecule has 0 aromatic heterocycles. The van der Waals surface area contributed by atoms with Crippen LogP contribution in [0.4, 0.5) is 0 Å². The van der Waals surface area contributed by atoms with Crippen LogP contribution in [0.5, 0.6) is 0 Å². The van der Waals surface area contributed by atoms with Gasteiger partial charge in [-0.05, 0) is 6.42 Å². The van der Waals surface area contributed by atoms with Crippen molar-refractivity contribution in [2.45, 2.75) is 26.1 Å². The van der Waals surface area contributed by atoms with Crippen molar-refractivity contribution < 1.29 is 14.9 Å². The van der Waals surface area contributed by atoms with Crippen LogP contribution in [0.2, 0.25) is 0 Å². The van der Waals surface area contributed by atoms with Crippen molar-refractivity contribution in [3.63, 3.8) is 0 Å². The van der Waals surface area contributed by atoms with E-state index in [4.69, 9.17) is 14.9 Å². The first-order valence-electron chi connectivity index (χ1n) is 3.63. The zero-order valence-electron chi connectivity index (χ0n) is 6.21. The molecule has 0 spiro atoms. The monoisotopic (exact) mass is 146 g/mol. The molecule has 1 aliphatic heterocycles. The minimum Gasteiger partial charge on any atom is -0.396 e. The summed E-state index contributed by atoms with van der Waals surface area (Å²) in [7, 11) is 0. The summed E-state index contributed by atoms with van der Waals surface area (Å²) in [4.78, 5) is 0. The van der Waals surface area contributed by atoms with Crippen LogP contribution in [0.15, 0.2) is 0 Å². The van der Waals surface area contributed by atoms with Crippen LogP contribution in [0.25, 0.3) is 0 Å². The standard InChI is InChI=1S/C7H14O3/c1-2-7(4-8)3-6(9)10-5-7/h6,8-9H,2-5H2,1H3. The SMILES string of the molecule is CCC1(CO)COC(O)C1. The molecule has 1 aliphatic rings. The van der Waals surface area contributed by atoms with Crippen LogP contribution in [-0.2, 0) is 4.74 Å². The summed E-state index contributed by atoms with van der Waals surface area (Å²) < 4.78 is 4.95. The van der Waals surface area contributed by atoms with Crippen LogP contribution in [-0.4, -0.2) is 29.7 Å². The van der Waals surface area contributed by atoms with Crippen molar-refractivity contribution in [1.82, 2.24) is 0 Å². The number of rotatable bonds is 2. The Balaban J connectivity index is 2.51. The summed E-state index contributed by atoms with van der Waals surface area (Å²) in [6.45, 7) is 2.60. The highest BCUT2D eigenvalue weighted by atomic mass is 16.6. The van der Waals surface area contributed by atoms with E-state index in [2.05, 4.69) is 0 Å². The molecule has 0 radical (unpaired) electrons. The summed E-state index contributed by atoms with van der Waals surface area (Å²) in [5.74, 6) is 0. The largest absolute Gasteiger partial charge is 0.396 e. The van der Waals surface area contributed by atoms with Crippen molar-refractivity contribution in [2.24, 2.45) is 5.41 Å². The number of hydrogen-bond acceptors (Lipinski definition) is 3. The molecule has 0 aromatic rings. The van der Waals surface area contributed by atoms with Gasteiger partial charge in [0.1, 0.15) is 0 Å². The molecule has 0 aliphatic carbocycles. The molecule has 2 unspecified atom stereocenters. The van der Waals surface area contributed by atoms with Crippen LogP contribution < -0.4 is 0 Å². The van der Waals surface area contributed by atoms with Crippen LogP contribution in [0, 0.1) is 5.41 Å². The third-order valence-corrected chi connectivity index (χ3v) is 2.27. The second-order valence-electron chi connectivity index (χ2n) is 2.98. The van der Waals surface area contributed by atoms with Crippen LogP contribution >= 0.6 is 0 Å². The van der Waals surface area contributed by atoms with E-state index in [0.29, 0.717) is 13.0 Å². The molecule has 10 heavy (non-hydrogen) atoms. The normalized spacial score (nSPS) is 40.5. The quantitative estimate of drug-likeness (QED) is 0.581. The lowest BCUT2D eigenvalue weighted by molar-refractivity contribution is -0.0599. The van der Waals surface area contributed by atoms with Gasteiger partial charge in [0.2, 0.25) is 0 Å². The molecule has 2 N–H and O–H groups in total. The fourth-order valence-corrected chi connectivity index (χ4v) is 1.23. The lowest BCUT2D eigenvalue weighted by atomic mass is 9.85. The van der Waals surface area contributed by atoms with Crippen molar-refractivity contribution in [2.75, 3.05) is 13.2 Å². The lowest BCUT2D eigenvalue weighted by Gasteiger charge is -2.21. The van der Waals surface area contributed by atoms with Crippen molar-refractivity contribution >= 4 is 0 Å². The highest BCUT2D eigenvalue weighted by Gasteiger charge is 2.37. The number of hydrogen-bond donors (Lipinski definition) is 2. The topological polar surface area (TPSA) is 49.7 Å². The van der Waals surface area contributed by atoms with E-state index < -0.39 is 6.29 Å². The molecule has 1 heterocycles. The second kappa shape index (κ2) is 2.86. The van der Waals surface area contributed by atoms with Gasteiger partial charge in [-0.15, -0.1) is 0 Å².